The van der Waals surface area contributed by atoms with Crippen LogP contribution in [-0.2, 0) is 0 Å². The minimum atomic E-state index is 0.204. The third-order valence-corrected chi connectivity index (χ3v) is 3.84. The van der Waals surface area contributed by atoms with E-state index in [4.69, 9.17) is 9.47 Å². The molecule has 2 unspecified atom stereocenters. The van der Waals surface area contributed by atoms with Crippen LogP contribution in [0.2, 0.25) is 0 Å². The van der Waals surface area contributed by atoms with Crippen LogP contribution >= 0.6 is 0 Å². The molecule has 6 nitrogen and oxygen atoms in total. The van der Waals surface area contributed by atoms with Gasteiger partial charge in [-0.2, -0.15) is 9.97 Å². The number of hydrogen-bond donors (Lipinski definition) is 1. The van der Waals surface area contributed by atoms with Crippen molar-refractivity contribution in [2.24, 2.45) is 5.92 Å². The van der Waals surface area contributed by atoms with Crippen molar-refractivity contribution >= 4 is 5.95 Å². The lowest BCUT2D eigenvalue weighted by Crippen LogP contribution is -2.26. The average Bonchev–Trinajstić information content (AvgIpc) is 2.52. The van der Waals surface area contributed by atoms with Crippen molar-refractivity contribution in [3.05, 3.63) is 0 Å². The minimum absolute atomic E-state index is 0.204. The predicted octanol–water partition coefficient (Wildman–Crippen LogP) is 3.05. The van der Waals surface area contributed by atoms with Crippen LogP contribution < -0.4 is 14.8 Å². The van der Waals surface area contributed by atoms with Gasteiger partial charge in [0.2, 0.25) is 5.95 Å². The van der Waals surface area contributed by atoms with Gasteiger partial charge in [-0.05, 0) is 31.6 Å². The van der Waals surface area contributed by atoms with Crippen LogP contribution in [0.3, 0.4) is 0 Å². The lowest BCUT2D eigenvalue weighted by Gasteiger charge is -2.28. The van der Waals surface area contributed by atoms with Crippen LogP contribution in [-0.4, -0.2) is 34.7 Å². The molecule has 2 rings (SSSR count). The lowest BCUT2D eigenvalue weighted by molar-refractivity contribution is 0.110. The van der Waals surface area contributed by atoms with E-state index in [1.165, 1.54) is 19.3 Å². The molecule has 1 aliphatic rings. The molecule has 0 radical (unpaired) electrons. The smallest absolute Gasteiger partial charge is 0.324 e. The molecule has 0 aromatic carbocycles. The van der Waals surface area contributed by atoms with Crippen molar-refractivity contribution in [2.75, 3.05) is 19.0 Å². The van der Waals surface area contributed by atoms with Crippen LogP contribution in [0.15, 0.2) is 0 Å². The van der Waals surface area contributed by atoms with Crippen molar-refractivity contribution in [3.8, 4) is 12.0 Å². The summed E-state index contributed by atoms with van der Waals surface area (Å²) in [5.41, 5.74) is 0. The Balaban J connectivity index is 2.03. The first-order valence-electron chi connectivity index (χ1n) is 7.98. The Morgan fingerprint density at radius 1 is 1.14 bits per heavy atom. The van der Waals surface area contributed by atoms with E-state index in [2.05, 4.69) is 27.2 Å². The van der Waals surface area contributed by atoms with Crippen molar-refractivity contribution in [1.29, 1.82) is 0 Å². The second-order valence-electron chi connectivity index (χ2n) is 5.50. The van der Waals surface area contributed by atoms with E-state index in [9.17, 15) is 0 Å². The summed E-state index contributed by atoms with van der Waals surface area (Å²) in [4.78, 5) is 12.7. The second kappa shape index (κ2) is 8.00. The Bertz CT molecular complexity index is 442. The monoisotopic (exact) mass is 294 g/mol. The summed E-state index contributed by atoms with van der Waals surface area (Å²) in [6.07, 6.45) is 7.01. The van der Waals surface area contributed by atoms with E-state index in [1.54, 1.807) is 7.05 Å². The Kier molecular flexibility index (Phi) is 6.02. The molecule has 21 heavy (non-hydrogen) atoms. The van der Waals surface area contributed by atoms with Gasteiger partial charge in [0.15, 0.2) is 0 Å². The van der Waals surface area contributed by atoms with Crippen LogP contribution in [0, 0.1) is 5.92 Å². The van der Waals surface area contributed by atoms with Gasteiger partial charge in [-0.1, -0.05) is 26.7 Å². The third-order valence-electron chi connectivity index (χ3n) is 3.84. The Morgan fingerprint density at radius 3 is 2.67 bits per heavy atom. The number of aromatic nitrogens is 3. The van der Waals surface area contributed by atoms with Crippen molar-refractivity contribution in [3.63, 3.8) is 0 Å². The molecule has 2 atom stereocenters. The second-order valence-corrected chi connectivity index (χ2v) is 5.50. The summed E-state index contributed by atoms with van der Waals surface area (Å²) < 4.78 is 11.5. The molecule has 0 saturated heterocycles. The zero-order chi connectivity index (χ0) is 15.1. The van der Waals surface area contributed by atoms with E-state index in [1.807, 2.05) is 6.92 Å². The number of ether oxygens (including phenoxy) is 2. The van der Waals surface area contributed by atoms with E-state index < -0.39 is 0 Å². The SMILES string of the molecule is CCCOc1nc(NC)nc(OC2CCCC(CC)C2)n1. The van der Waals surface area contributed by atoms with E-state index in [0.29, 0.717) is 24.6 Å². The summed E-state index contributed by atoms with van der Waals surface area (Å²) in [5.74, 6) is 1.24. The molecule has 1 fully saturated rings. The van der Waals surface area contributed by atoms with Gasteiger partial charge < -0.3 is 14.8 Å². The fourth-order valence-corrected chi connectivity index (χ4v) is 2.63. The van der Waals surface area contributed by atoms with E-state index in [-0.39, 0.29) is 6.10 Å². The molecule has 0 spiro atoms. The number of nitrogens with one attached hydrogen (secondary N) is 1. The molecule has 1 aliphatic carbocycles. The summed E-state index contributed by atoms with van der Waals surface area (Å²) in [7, 11) is 1.77. The average molecular weight is 294 g/mol. The topological polar surface area (TPSA) is 69.2 Å². The maximum atomic E-state index is 5.97. The van der Waals surface area contributed by atoms with Gasteiger partial charge in [0.25, 0.3) is 0 Å². The summed E-state index contributed by atoms with van der Waals surface area (Å²) in [5, 5.41) is 2.92. The first kappa shape index (κ1) is 15.8. The first-order valence-corrected chi connectivity index (χ1v) is 7.98. The highest BCUT2D eigenvalue weighted by Gasteiger charge is 2.23. The molecule has 1 heterocycles. The highest BCUT2D eigenvalue weighted by molar-refractivity contribution is 5.26. The summed E-state index contributed by atoms with van der Waals surface area (Å²) in [6.45, 7) is 4.88. The maximum Gasteiger partial charge on any atom is 0.324 e. The highest BCUT2D eigenvalue weighted by atomic mass is 16.5. The first-order chi connectivity index (χ1) is 10.2. The minimum Gasteiger partial charge on any atom is -0.463 e. The Hall–Kier alpha value is -1.59. The Labute approximate surface area is 126 Å². The fraction of sp³-hybridized carbons (Fsp3) is 0.800. The maximum absolute atomic E-state index is 5.97. The zero-order valence-corrected chi connectivity index (χ0v) is 13.3. The van der Waals surface area contributed by atoms with Crippen molar-refractivity contribution in [2.45, 2.75) is 58.5 Å². The van der Waals surface area contributed by atoms with Gasteiger partial charge in [-0.25, -0.2) is 0 Å². The summed E-state index contributed by atoms with van der Waals surface area (Å²) in [6, 6.07) is 0.691. The third kappa shape index (κ3) is 4.72. The molecule has 0 amide bonds. The molecule has 1 aromatic rings. The molecule has 0 aliphatic heterocycles. The standard InChI is InChI=1S/C15H26N4O2/c1-4-9-20-14-17-13(16-3)18-15(19-14)21-12-8-6-7-11(5-2)10-12/h11-12H,4-10H2,1-3H3,(H,16,17,18,19). The largest absolute Gasteiger partial charge is 0.463 e. The number of anilines is 1. The quantitative estimate of drug-likeness (QED) is 0.833. The van der Waals surface area contributed by atoms with Gasteiger partial charge in [0, 0.05) is 7.05 Å². The number of rotatable bonds is 7. The normalized spacial score (nSPS) is 21.9. The van der Waals surface area contributed by atoms with Gasteiger partial charge in [0.1, 0.15) is 6.10 Å². The van der Waals surface area contributed by atoms with Crippen molar-refractivity contribution in [1.82, 2.24) is 15.0 Å². The van der Waals surface area contributed by atoms with Crippen molar-refractivity contribution < 1.29 is 9.47 Å². The van der Waals surface area contributed by atoms with Gasteiger partial charge >= 0.3 is 12.0 Å². The molecular formula is C15H26N4O2. The summed E-state index contributed by atoms with van der Waals surface area (Å²) >= 11 is 0. The predicted molar refractivity (Wildman–Crippen MR) is 81.8 cm³/mol. The molecule has 1 aromatic heterocycles. The number of nitrogens with zero attached hydrogens (tertiary/aromatic N) is 3. The fourth-order valence-electron chi connectivity index (χ4n) is 2.63. The van der Waals surface area contributed by atoms with Crippen LogP contribution in [0.25, 0.3) is 0 Å². The molecule has 118 valence electrons. The van der Waals surface area contributed by atoms with E-state index in [0.717, 1.165) is 25.2 Å². The molecule has 0 bridgehead atoms. The molecule has 1 saturated carbocycles. The van der Waals surface area contributed by atoms with Crippen LogP contribution in [0.1, 0.15) is 52.4 Å². The zero-order valence-electron chi connectivity index (χ0n) is 13.3. The van der Waals surface area contributed by atoms with Gasteiger partial charge in [0.05, 0.1) is 6.61 Å². The molecule has 1 N–H and O–H groups in total. The van der Waals surface area contributed by atoms with Crippen LogP contribution in [0.4, 0.5) is 5.95 Å². The number of hydrogen-bond acceptors (Lipinski definition) is 6. The Morgan fingerprint density at radius 2 is 1.95 bits per heavy atom. The molecule has 6 heteroatoms. The van der Waals surface area contributed by atoms with E-state index >= 15 is 0 Å². The lowest BCUT2D eigenvalue weighted by atomic mass is 9.86. The highest BCUT2D eigenvalue weighted by Crippen LogP contribution is 2.29. The van der Waals surface area contributed by atoms with Gasteiger partial charge in [-0.3, -0.25) is 0 Å². The molecular weight excluding hydrogens is 268 g/mol. The van der Waals surface area contributed by atoms with Gasteiger partial charge in [-0.15, -0.1) is 4.98 Å². The van der Waals surface area contributed by atoms with Crippen LogP contribution in [0.5, 0.6) is 12.0 Å².